The Morgan fingerprint density at radius 2 is 1.96 bits per heavy atom. The summed E-state index contributed by atoms with van der Waals surface area (Å²) in [6, 6.07) is 4.02. The van der Waals surface area contributed by atoms with Crippen LogP contribution in [0.1, 0.15) is 18.4 Å². The zero-order valence-electron chi connectivity index (χ0n) is 15.0. The minimum atomic E-state index is -1.26. The number of β-amino-alcohol motifs (C(OH)–C–C–N with tert-alkyl or cyclic N) is 1. The summed E-state index contributed by atoms with van der Waals surface area (Å²) in [4.78, 5) is 13.7. The minimum Gasteiger partial charge on any atom is -0.506 e. The number of amides is 1. The number of nitrogens with zero attached hydrogens (tertiary/aromatic N) is 1. The molecule has 4 atom stereocenters. The lowest BCUT2D eigenvalue weighted by Gasteiger charge is -2.43. The predicted octanol–water partition coefficient (Wildman–Crippen LogP) is -0.756. The molecule has 6 N–H and O–H groups in total. The molecule has 0 aromatic heterocycles. The summed E-state index contributed by atoms with van der Waals surface area (Å²) in [6.07, 6.45) is -1.97. The van der Waals surface area contributed by atoms with Crippen LogP contribution in [0, 0.1) is 0 Å². The van der Waals surface area contributed by atoms with Gasteiger partial charge in [-0.2, -0.15) is 0 Å². The topological polar surface area (TPSA) is 133 Å². The molecule has 0 radical (unpaired) electrons. The van der Waals surface area contributed by atoms with E-state index in [4.69, 9.17) is 11.6 Å². The molecule has 0 bridgehead atoms. The first-order valence-corrected chi connectivity index (χ1v) is 9.34. The molecule has 2 rings (SSSR count). The van der Waals surface area contributed by atoms with Crippen molar-refractivity contribution in [3.63, 3.8) is 0 Å². The van der Waals surface area contributed by atoms with Gasteiger partial charge >= 0.3 is 0 Å². The Labute approximate surface area is 163 Å². The number of hydrogen-bond acceptors (Lipinski definition) is 7. The van der Waals surface area contributed by atoms with Gasteiger partial charge in [0.1, 0.15) is 18.0 Å². The highest BCUT2D eigenvalue weighted by molar-refractivity contribution is 6.32. The fourth-order valence-electron chi connectivity index (χ4n) is 3.21. The number of hydrogen-bond donors (Lipinski definition) is 6. The molecule has 1 aliphatic rings. The Kier molecular flexibility index (Phi) is 8.28. The molecule has 0 unspecified atom stereocenters. The number of carbonyl (C=O) groups is 1. The number of piperidine rings is 1. The van der Waals surface area contributed by atoms with E-state index in [1.165, 1.54) is 6.07 Å². The standard InChI is InChI=1S/C18H27ClN2O6/c19-12-7-11(3-4-14(12)23)8-16(25)20-5-1-2-6-21-9-15(24)18(27)17(26)13(21)10-22/h3-4,7,13,15,17-18,22-24,26-27H,1-2,5-6,8-10H2,(H,20,25)/t13-,15+,17-,18-/m1/s1. The second-order valence-corrected chi connectivity index (χ2v) is 7.22. The van der Waals surface area contributed by atoms with Gasteiger partial charge in [0.25, 0.3) is 0 Å². The van der Waals surface area contributed by atoms with Crippen molar-refractivity contribution in [3.05, 3.63) is 28.8 Å². The molecule has 9 heteroatoms. The number of carbonyl (C=O) groups excluding carboxylic acids is 1. The summed E-state index contributed by atoms with van der Waals surface area (Å²) in [5, 5.41) is 51.2. The van der Waals surface area contributed by atoms with E-state index in [9.17, 15) is 30.3 Å². The van der Waals surface area contributed by atoms with Gasteiger partial charge in [0.05, 0.1) is 30.2 Å². The van der Waals surface area contributed by atoms with Crippen LogP contribution in [-0.2, 0) is 11.2 Å². The van der Waals surface area contributed by atoms with Gasteiger partial charge in [-0.1, -0.05) is 17.7 Å². The van der Waals surface area contributed by atoms with Crippen molar-refractivity contribution in [2.75, 3.05) is 26.2 Å². The minimum absolute atomic E-state index is 0.0255. The first kappa shape index (κ1) is 21.9. The first-order valence-electron chi connectivity index (χ1n) is 8.96. The Morgan fingerprint density at radius 3 is 2.63 bits per heavy atom. The maximum absolute atomic E-state index is 11.9. The highest BCUT2D eigenvalue weighted by Crippen LogP contribution is 2.23. The normalized spacial score (nSPS) is 26.1. The molecule has 1 heterocycles. The van der Waals surface area contributed by atoms with E-state index in [0.29, 0.717) is 31.5 Å². The van der Waals surface area contributed by atoms with Crippen LogP contribution < -0.4 is 5.32 Å². The Balaban J connectivity index is 1.68. The molecule has 152 valence electrons. The lowest BCUT2D eigenvalue weighted by molar-refractivity contribution is -0.145. The van der Waals surface area contributed by atoms with E-state index in [-0.39, 0.29) is 36.3 Å². The largest absolute Gasteiger partial charge is 0.506 e. The Hall–Kier alpha value is -1.42. The van der Waals surface area contributed by atoms with Crippen molar-refractivity contribution in [2.24, 2.45) is 0 Å². The average Bonchev–Trinajstić information content (AvgIpc) is 2.63. The number of likely N-dealkylation sites (tertiary alicyclic amines) is 1. The van der Waals surface area contributed by atoms with Gasteiger partial charge in [-0.15, -0.1) is 0 Å². The molecule has 0 saturated carbocycles. The summed E-state index contributed by atoms with van der Waals surface area (Å²) in [7, 11) is 0. The van der Waals surface area contributed by atoms with Gasteiger partial charge < -0.3 is 30.8 Å². The number of aromatic hydroxyl groups is 1. The van der Waals surface area contributed by atoms with E-state index >= 15 is 0 Å². The molecule has 1 amide bonds. The quantitative estimate of drug-likeness (QED) is 0.315. The summed E-state index contributed by atoms with van der Waals surface area (Å²) in [6.45, 7) is 0.861. The van der Waals surface area contributed by atoms with E-state index < -0.39 is 24.4 Å². The monoisotopic (exact) mass is 402 g/mol. The fraction of sp³-hybridized carbons (Fsp3) is 0.611. The smallest absolute Gasteiger partial charge is 0.224 e. The van der Waals surface area contributed by atoms with E-state index in [1.807, 2.05) is 0 Å². The van der Waals surface area contributed by atoms with Crippen molar-refractivity contribution < 1.29 is 30.3 Å². The number of phenols is 1. The van der Waals surface area contributed by atoms with Gasteiger partial charge in [0.15, 0.2) is 0 Å². The zero-order valence-corrected chi connectivity index (χ0v) is 15.7. The van der Waals surface area contributed by atoms with E-state index in [1.54, 1.807) is 17.0 Å². The first-order chi connectivity index (χ1) is 12.8. The van der Waals surface area contributed by atoms with Crippen LogP contribution in [0.25, 0.3) is 0 Å². The molecule has 1 aliphatic heterocycles. The summed E-state index contributed by atoms with van der Waals surface area (Å²) in [5.41, 5.74) is 0.705. The van der Waals surface area contributed by atoms with Crippen LogP contribution in [0.4, 0.5) is 0 Å². The van der Waals surface area contributed by atoms with Gasteiger partial charge in [0.2, 0.25) is 5.91 Å². The van der Waals surface area contributed by atoms with Crippen molar-refractivity contribution >= 4 is 17.5 Å². The Bertz CT molecular complexity index is 632. The number of aliphatic hydroxyl groups is 4. The third-order valence-electron chi connectivity index (χ3n) is 4.79. The van der Waals surface area contributed by atoms with Gasteiger partial charge in [-0.3, -0.25) is 9.69 Å². The number of rotatable bonds is 8. The summed E-state index contributed by atoms with van der Waals surface area (Å²) >= 11 is 5.81. The summed E-state index contributed by atoms with van der Waals surface area (Å²) < 4.78 is 0. The van der Waals surface area contributed by atoms with Gasteiger partial charge in [0, 0.05) is 13.1 Å². The van der Waals surface area contributed by atoms with Crippen LogP contribution in [-0.4, -0.2) is 86.9 Å². The zero-order chi connectivity index (χ0) is 20.0. The van der Waals surface area contributed by atoms with Crippen LogP contribution in [0.5, 0.6) is 5.75 Å². The molecular formula is C18H27ClN2O6. The van der Waals surface area contributed by atoms with Crippen molar-refractivity contribution in [3.8, 4) is 5.75 Å². The molecule has 0 spiro atoms. The second kappa shape index (κ2) is 10.2. The number of nitrogens with one attached hydrogen (secondary N) is 1. The number of unbranched alkanes of at least 4 members (excludes halogenated alkanes) is 1. The summed E-state index contributed by atoms with van der Waals surface area (Å²) in [5.74, 6) is -0.181. The molecular weight excluding hydrogens is 376 g/mol. The molecule has 0 aliphatic carbocycles. The molecule has 27 heavy (non-hydrogen) atoms. The van der Waals surface area contributed by atoms with Gasteiger partial charge in [-0.25, -0.2) is 0 Å². The van der Waals surface area contributed by atoms with Crippen molar-refractivity contribution in [2.45, 2.75) is 43.6 Å². The molecule has 1 aromatic carbocycles. The van der Waals surface area contributed by atoms with Crippen LogP contribution >= 0.6 is 11.6 Å². The average molecular weight is 403 g/mol. The Morgan fingerprint density at radius 1 is 1.22 bits per heavy atom. The number of halogens is 1. The highest BCUT2D eigenvalue weighted by Gasteiger charge is 2.40. The van der Waals surface area contributed by atoms with Crippen LogP contribution in [0.15, 0.2) is 18.2 Å². The molecule has 8 nitrogen and oxygen atoms in total. The van der Waals surface area contributed by atoms with Crippen molar-refractivity contribution in [1.29, 1.82) is 0 Å². The van der Waals surface area contributed by atoms with Crippen LogP contribution in [0.2, 0.25) is 5.02 Å². The molecule has 1 aromatic rings. The number of phenolic OH excluding ortho intramolecular Hbond substituents is 1. The van der Waals surface area contributed by atoms with E-state index in [0.717, 1.165) is 0 Å². The fourth-order valence-corrected chi connectivity index (χ4v) is 3.41. The third kappa shape index (κ3) is 6.03. The van der Waals surface area contributed by atoms with Gasteiger partial charge in [-0.05, 0) is 37.1 Å². The van der Waals surface area contributed by atoms with Crippen molar-refractivity contribution in [1.82, 2.24) is 10.2 Å². The number of aliphatic hydroxyl groups excluding tert-OH is 4. The van der Waals surface area contributed by atoms with Crippen LogP contribution in [0.3, 0.4) is 0 Å². The highest BCUT2D eigenvalue weighted by atomic mass is 35.5. The SMILES string of the molecule is O=C(Cc1ccc(O)c(Cl)c1)NCCCCN1C[C@H](O)[C@@H](O)[C@H](O)[C@H]1CO. The predicted molar refractivity (Wildman–Crippen MR) is 99.5 cm³/mol. The lowest BCUT2D eigenvalue weighted by Crippen LogP contribution is -2.62. The number of benzene rings is 1. The maximum Gasteiger partial charge on any atom is 0.224 e. The molecule has 1 saturated heterocycles. The van der Waals surface area contributed by atoms with E-state index in [2.05, 4.69) is 5.32 Å². The third-order valence-corrected chi connectivity index (χ3v) is 5.09. The second-order valence-electron chi connectivity index (χ2n) is 6.81. The lowest BCUT2D eigenvalue weighted by atomic mass is 9.94. The molecule has 1 fully saturated rings. The maximum atomic E-state index is 11.9.